The van der Waals surface area contributed by atoms with Gasteiger partial charge in [0, 0.05) is 17.3 Å². The van der Waals surface area contributed by atoms with Crippen molar-refractivity contribution in [1.82, 2.24) is 19.5 Å². The van der Waals surface area contributed by atoms with Gasteiger partial charge in [0.05, 0.1) is 11.6 Å². The van der Waals surface area contributed by atoms with Gasteiger partial charge >= 0.3 is 0 Å². The number of halogens is 1. The summed E-state index contributed by atoms with van der Waals surface area (Å²) in [5.74, 6) is 0.784. The maximum atomic E-state index is 13.3. The van der Waals surface area contributed by atoms with E-state index in [1.165, 1.54) is 0 Å². The molecule has 0 N–H and O–H groups in total. The Morgan fingerprint density at radius 1 is 1.24 bits per heavy atom. The quantitative estimate of drug-likeness (QED) is 0.710. The number of aryl methyl sites for hydroxylation is 1. The van der Waals surface area contributed by atoms with Crippen LogP contribution < -0.4 is 0 Å². The SMILES string of the molecule is Cc1nnc2ccc(C(=O)N(C3CC3)[C@H](C)c3ccccc3Cl)cn12. The predicted molar refractivity (Wildman–Crippen MR) is 96.8 cm³/mol. The molecular weight excluding hydrogens is 336 g/mol. The summed E-state index contributed by atoms with van der Waals surface area (Å²) >= 11 is 6.36. The molecule has 1 saturated carbocycles. The van der Waals surface area contributed by atoms with Crippen molar-refractivity contribution in [2.45, 2.75) is 38.8 Å². The zero-order valence-electron chi connectivity index (χ0n) is 14.2. The second-order valence-corrected chi connectivity index (χ2v) is 6.94. The molecule has 1 fully saturated rings. The lowest BCUT2D eigenvalue weighted by atomic mass is 10.1. The number of aromatic nitrogens is 3. The molecule has 1 amide bonds. The number of hydrogen-bond acceptors (Lipinski definition) is 3. The van der Waals surface area contributed by atoms with E-state index >= 15 is 0 Å². The van der Waals surface area contributed by atoms with Crippen molar-refractivity contribution in [2.75, 3.05) is 0 Å². The van der Waals surface area contributed by atoms with Crippen LogP contribution in [0.3, 0.4) is 0 Å². The fraction of sp³-hybridized carbons (Fsp3) is 0.316. The monoisotopic (exact) mass is 354 g/mol. The first-order valence-electron chi connectivity index (χ1n) is 8.44. The standard InChI is InChI=1S/C19H19ClN4O/c1-12(16-5-3-4-6-17(16)20)24(15-8-9-15)19(25)14-7-10-18-22-21-13(2)23(18)11-14/h3-7,10-12,15H,8-9H2,1-2H3/t12-/m1/s1. The highest BCUT2D eigenvalue weighted by atomic mass is 35.5. The maximum absolute atomic E-state index is 13.3. The Hall–Kier alpha value is -2.40. The van der Waals surface area contributed by atoms with E-state index in [2.05, 4.69) is 10.2 Å². The zero-order chi connectivity index (χ0) is 17.6. The molecule has 1 atom stereocenters. The topological polar surface area (TPSA) is 50.5 Å². The van der Waals surface area contributed by atoms with Crippen molar-refractivity contribution in [1.29, 1.82) is 0 Å². The Labute approximate surface area is 151 Å². The molecule has 0 aliphatic heterocycles. The number of amides is 1. The largest absolute Gasteiger partial charge is 0.329 e. The van der Waals surface area contributed by atoms with Gasteiger partial charge in [-0.15, -0.1) is 10.2 Å². The van der Waals surface area contributed by atoms with Gasteiger partial charge in [-0.25, -0.2) is 0 Å². The number of benzene rings is 1. The third-order valence-corrected chi connectivity index (χ3v) is 5.11. The molecule has 4 rings (SSSR count). The van der Waals surface area contributed by atoms with Crippen LogP contribution in [-0.2, 0) is 0 Å². The molecule has 25 heavy (non-hydrogen) atoms. The molecule has 128 valence electrons. The zero-order valence-corrected chi connectivity index (χ0v) is 14.9. The molecule has 1 aliphatic rings. The van der Waals surface area contributed by atoms with Gasteiger partial charge in [-0.1, -0.05) is 29.8 Å². The Morgan fingerprint density at radius 3 is 2.72 bits per heavy atom. The van der Waals surface area contributed by atoms with Crippen molar-refractivity contribution in [2.24, 2.45) is 0 Å². The molecule has 1 aliphatic carbocycles. The van der Waals surface area contributed by atoms with Crippen LogP contribution in [0.1, 0.15) is 47.6 Å². The third-order valence-electron chi connectivity index (χ3n) is 4.77. The highest BCUT2D eigenvalue weighted by molar-refractivity contribution is 6.31. The van der Waals surface area contributed by atoms with Gasteiger partial charge in [0.1, 0.15) is 5.82 Å². The lowest BCUT2D eigenvalue weighted by Gasteiger charge is -2.30. The first-order valence-corrected chi connectivity index (χ1v) is 8.82. The van der Waals surface area contributed by atoms with Crippen LogP contribution in [0.15, 0.2) is 42.6 Å². The van der Waals surface area contributed by atoms with E-state index in [4.69, 9.17) is 11.6 Å². The van der Waals surface area contributed by atoms with E-state index < -0.39 is 0 Å². The minimum Gasteiger partial charge on any atom is -0.329 e. The van der Waals surface area contributed by atoms with Crippen molar-refractivity contribution in [3.05, 3.63) is 64.6 Å². The summed E-state index contributed by atoms with van der Waals surface area (Å²) in [6, 6.07) is 11.6. The smallest absolute Gasteiger partial charge is 0.256 e. The summed E-state index contributed by atoms with van der Waals surface area (Å²) in [5, 5.41) is 8.82. The Morgan fingerprint density at radius 2 is 2.00 bits per heavy atom. The fourth-order valence-corrected chi connectivity index (χ4v) is 3.55. The number of fused-ring (bicyclic) bond motifs is 1. The Kier molecular flexibility index (Phi) is 3.96. The minimum absolute atomic E-state index is 0.0184. The van der Waals surface area contributed by atoms with Crippen molar-refractivity contribution < 1.29 is 4.79 Å². The molecule has 3 aromatic rings. The molecule has 0 spiro atoms. The number of hydrogen-bond donors (Lipinski definition) is 0. The Balaban J connectivity index is 1.71. The first kappa shape index (κ1) is 16.1. The second kappa shape index (κ2) is 6.15. The fourth-order valence-electron chi connectivity index (χ4n) is 3.26. The molecule has 0 unspecified atom stereocenters. The van der Waals surface area contributed by atoms with Crippen LogP contribution >= 0.6 is 11.6 Å². The normalized spacial score (nSPS) is 15.3. The Bertz CT molecular complexity index is 948. The summed E-state index contributed by atoms with van der Waals surface area (Å²) in [7, 11) is 0. The highest BCUT2D eigenvalue weighted by Crippen LogP contribution is 2.37. The predicted octanol–water partition coefficient (Wildman–Crippen LogP) is 4.06. The van der Waals surface area contributed by atoms with Crippen LogP contribution in [0.2, 0.25) is 5.02 Å². The van der Waals surface area contributed by atoms with E-state index in [1.807, 2.05) is 65.7 Å². The van der Waals surface area contributed by atoms with E-state index in [-0.39, 0.29) is 18.0 Å². The van der Waals surface area contributed by atoms with Gasteiger partial charge in [-0.05, 0) is 50.5 Å². The minimum atomic E-state index is -0.0774. The first-order chi connectivity index (χ1) is 12.1. The lowest BCUT2D eigenvalue weighted by molar-refractivity contribution is 0.0673. The third kappa shape index (κ3) is 2.89. The number of nitrogens with zero attached hydrogens (tertiary/aromatic N) is 4. The summed E-state index contributed by atoms with van der Waals surface area (Å²) < 4.78 is 1.85. The van der Waals surface area contributed by atoms with Crippen LogP contribution in [-0.4, -0.2) is 31.4 Å². The number of pyridine rings is 1. The summed E-state index contributed by atoms with van der Waals surface area (Å²) in [6.07, 6.45) is 3.89. The second-order valence-electron chi connectivity index (χ2n) is 6.53. The molecule has 1 aromatic carbocycles. The summed E-state index contributed by atoms with van der Waals surface area (Å²) in [5.41, 5.74) is 2.36. The van der Waals surface area contributed by atoms with E-state index in [0.29, 0.717) is 10.6 Å². The molecule has 5 nitrogen and oxygen atoms in total. The molecule has 6 heteroatoms. The molecule has 2 aromatic heterocycles. The van der Waals surface area contributed by atoms with E-state index in [9.17, 15) is 4.79 Å². The molecule has 0 radical (unpaired) electrons. The van der Waals surface area contributed by atoms with Gasteiger partial charge in [0.2, 0.25) is 0 Å². The number of carbonyl (C=O) groups excluding carboxylic acids is 1. The van der Waals surface area contributed by atoms with Crippen molar-refractivity contribution in [3.8, 4) is 0 Å². The van der Waals surface area contributed by atoms with E-state index in [0.717, 1.165) is 29.9 Å². The van der Waals surface area contributed by atoms with Gasteiger partial charge in [-0.2, -0.15) is 0 Å². The molecule has 2 heterocycles. The number of carbonyl (C=O) groups is 1. The van der Waals surface area contributed by atoms with Gasteiger partial charge in [-0.3, -0.25) is 9.20 Å². The van der Waals surface area contributed by atoms with Crippen LogP contribution in [0.25, 0.3) is 5.65 Å². The maximum Gasteiger partial charge on any atom is 0.256 e. The average Bonchev–Trinajstić information content (AvgIpc) is 3.38. The summed E-state index contributed by atoms with van der Waals surface area (Å²) in [6.45, 7) is 3.92. The van der Waals surface area contributed by atoms with Gasteiger partial charge < -0.3 is 4.90 Å². The van der Waals surface area contributed by atoms with Gasteiger partial charge in [0.15, 0.2) is 5.65 Å². The van der Waals surface area contributed by atoms with E-state index in [1.54, 1.807) is 0 Å². The summed E-state index contributed by atoms with van der Waals surface area (Å²) in [4.78, 5) is 15.2. The van der Waals surface area contributed by atoms with Gasteiger partial charge in [0.25, 0.3) is 5.91 Å². The molecule has 0 bridgehead atoms. The van der Waals surface area contributed by atoms with Crippen LogP contribution in [0.5, 0.6) is 0 Å². The van der Waals surface area contributed by atoms with Crippen molar-refractivity contribution in [3.63, 3.8) is 0 Å². The van der Waals surface area contributed by atoms with Crippen LogP contribution in [0.4, 0.5) is 0 Å². The van der Waals surface area contributed by atoms with Crippen molar-refractivity contribution >= 4 is 23.2 Å². The molecule has 0 saturated heterocycles. The lowest BCUT2D eigenvalue weighted by Crippen LogP contribution is -2.35. The number of rotatable bonds is 4. The molecular formula is C19H19ClN4O. The highest BCUT2D eigenvalue weighted by Gasteiger charge is 2.37. The van der Waals surface area contributed by atoms with Crippen LogP contribution in [0, 0.1) is 6.92 Å². The average molecular weight is 355 g/mol.